The molecule has 0 bridgehead atoms. The fourth-order valence-electron chi connectivity index (χ4n) is 4.56. The normalized spacial score (nSPS) is 15.6. The quantitative estimate of drug-likeness (QED) is 0.527. The molecule has 4 rings (SSSR count). The third-order valence-electron chi connectivity index (χ3n) is 6.96. The molecule has 222 valence electrons. The maximum Gasteiger partial charge on any atom is 0.416 e. The maximum absolute atomic E-state index is 12.6. The first kappa shape index (κ1) is 31.6. The van der Waals surface area contributed by atoms with Gasteiger partial charge in [0.05, 0.1) is 18.7 Å². The smallest absolute Gasteiger partial charge is 0.368 e. The molecule has 0 radical (unpaired) electrons. The highest BCUT2D eigenvalue weighted by atomic mass is 19.4. The number of halogens is 3. The molecule has 0 aliphatic carbocycles. The van der Waals surface area contributed by atoms with Crippen LogP contribution < -0.4 is 11.1 Å². The number of benzene rings is 2. The van der Waals surface area contributed by atoms with E-state index in [4.69, 9.17) is 5.73 Å². The Morgan fingerprint density at radius 1 is 0.854 bits per heavy atom. The van der Waals surface area contributed by atoms with E-state index < -0.39 is 30.1 Å². The number of nitrogens with zero attached hydrogens (tertiary/aromatic N) is 3. The van der Waals surface area contributed by atoms with E-state index in [-0.39, 0.29) is 17.4 Å². The van der Waals surface area contributed by atoms with Crippen LogP contribution in [0.15, 0.2) is 48.5 Å². The maximum atomic E-state index is 12.6. The summed E-state index contributed by atoms with van der Waals surface area (Å²) in [4.78, 5) is 52.6. The van der Waals surface area contributed by atoms with Crippen molar-refractivity contribution in [3.05, 3.63) is 70.8 Å². The van der Waals surface area contributed by atoms with Crippen molar-refractivity contribution in [1.29, 1.82) is 0 Å². The first-order valence-electron chi connectivity index (χ1n) is 13.6. The number of primary amides is 1. The number of nitrogens with one attached hydrogen (secondary N) is 1. The molecule has 9 nitrogen and oxygen atoms in total. The Kier molecular flexibility index (Phi) is 11.3. The van der Waals surface area contributed by atoms with E-state index in [9.17, 15) is 32.3 Å². The van der Waals surface area contributed by atoms with Crippen LogP contribution in [0.1, 0.15) is 51.6 Å². The van der Waals surface area contributed by atoms with Gasteiger partial charge in [-0.15, -0.1) is 0 Å². The zero-order chi connectivity index (χ0) is 30.0. The van der Waals surface area contributed by atoms with Gasteiger partial charge in [0.15, 0.2) is 0 Å². The van der Waals surface area contributed by atoms with Gasteiger partial charge in [0.2, 0.25) is 11.8 Å². The van der Waals surface area contributed by atoms with Gasteiger partial charge in [-0.05, 0) is 68.2 Å². The number of piperazine rings is 1. The first-order valence-corrected chi connectivity index (χ1v) is 13.6. The van der Waals surface area contributed by atoms with E-state index >= 15 is 0 Å². The van der Waals surface area contributed by atoms with E-state index in [2.05, 4.69) is 17.1 Å². The summed E-state index contributed by atoms with van der Waals surface area (Å²) >= 11 is 0. The lowest BCUT2D eigenvalue weighted by molar-refractivity contribution is -0.137. The van der Waals surface area contributed by atoms with Gasteiger partial charge in [-0.2, -0.15) is 13.2 Å². The molecule has 3 N–H and O–H groups in total. The number of amides is 4. The molecule has 2 aliphatic rings. The molecule has 2 aliphatic heterocycles. The monoisotopic (exact) mass is 575 g/mol. The number of alkyl halides is 3. The van der Waals surface area contributed by atoms with Gasteiger partial charge in [0.1, 0.15) is 0 Å². The van der Waals surface area contributed by atoms with E-state index in [0.29, 0.717) is 38.8 Å². The highest BCUT2D eigenvalue weighted by molar-refractivity contribution is 5.96. The summed E-state index contributed by atoms with van der Waals surface area (Å²) in [6.45, 7) is 6.84. The standard InChI is InChI=1S/C19H27N3O2.C10H9F3N2O2/c1-2-16-5-7-17(8-6-16)19(24)22-13-11-21(12-14-22)18(23)15-20-9-3-4-10-20;11-10(12,13)7-3-1-2-6(4-7)9(17)15-5-8(14)16/h5-8H,2-4,9-15H2,1H3;1-4H,5H2,(H2,14,16)(H,15,17). The summed E-state index contributed by atoms with van der Waals surface area (Å²) in [5.74, 6) is -1.28. The van der Waals surface area contributed by atoms with Crippen LogP contribution in [0.25, 0.3) is 0 Å². The van der Waals surface area contributed by atoms with Crippen LogP contribution in [0.2, 0.25) is 0 Å². The molecule has 0 aromatic heterocycles. The number of likely N-dealkylation sites (tertiary alicyclic amines) is 1. The summed E-state index contributed by atoms with van der Waals surface area (Å²) in [6, 6.07) is 11.7. The molecule has 2 saturated heterocycles. The lowest BCUT2D eigenvalue weighted by Crippen LogP contribution is -2.52. The number of nitrogens with two attached hydrogens (primary N) is 1. The molecule has 2 aromatic rings. The van der Waals surface area contributed by atoms with Crippen LogP contribution in [0, 0.1) is 0 Å². The Morgan fingerprint density at radius 2 is 1.46 bits per heavy atom. The second kappa shape index (κ2) is 14.6. The van der Waals surface area contributed by atoms with Gasteiger partial charge >= 0.3 is 6.18 Å². The lowest BCUT2D eigenvalue weighted by Gasteiger charge is -2.35. The minimum atomic E-state index is -4.51. The highest BCUT2D eigenvalue weighted by Crippen LogP contribution is 2.29. The Labute approximate surface area is 237 Å². The third-order valence-corrected chi connectivity index (χ3v) is 6.96. The molecule has 0 unspecified atom stereocenters. The second-order valence-electron chi connectivity index (χ2n) is 9.93. The topological polar surface area (TPSA) is 116 Å². The van der Waals surface area contributed by atoms with Crippen LogP contribution in [0.3, 0.4) is 0 Å². The predicted molar refractivity (Wildman–Crippen MR) is 147 cm³/mol. The average Bonchev–Trinajstić information content (AvgIpc) is 3.48. The summed E-state index contributed by atoms with van der Waals surface area (Å²) in [6.07, 6.45) is -1.13. The molecule has 12 heteroatoms. The van der Waals surface area contributed by atoms with Crippen LogP contribution in [-0.4, -0.2) is 90.7 Å². The van der Waals surface area contributed by atoms with Crippen molar-refractivity contribution in [3.8, 4) is 0 Å². The largest absolute Gasteiger partial charge is 0.416 e. The number of aryl methyl sites for hydroxylation is 1. The molecule has 41 heavy (non-hydrogen) atoms. The summed E-state index contributed by atoms with van der Waals surface area (Å²) in [5, 5.41) is 2.10. The molecule has 0 atom stereocenters. The average molecular weight is 576 g/mol. The number of hydrogen-bond acceptors (Lipinski definition) is 5. The van der Waals surface area contributed by atoms with Gasteiger partial charge in [-0.25, -0.2) is 0 Å². The van der Waals surface area contributed by atoms with Crippen molar-refractivity contribution in [2.45, 2.75) is 32.4 Å². The highest BCUT2D eigenvalue weighted by Gasteiger charge is 2.31. The SMILES string of the molecule is CCc1ccc(C(=O)N2CCN(C(=O)CN3CCCC3)CC2)cc1.NC(=O)CNC(=O)c1cccc(C(F)(F)F)c1. The van der Waals surface area contributed by atoms with Crippen molar-refractivity contribution in [2.24, 2.45) is 5.73 Å². The Balaban J connectivity index is 0.000000241. The molecule has 0 spiro atoms. The summed E-state index contributed by atoms with van der Waals surface area (Å²) in [7, 11) is 0. The fourth-order valence-corrected chi connectivity index (χ4v) is 4.56. The molecule has 2 heterocycles. The van der Waals surface area contributed by atoms with Gasteiger partial charge in [0, 0.05) is 37.3 Å². The van der Waals surface area contributed by atoms with Gasteiger partial charge in [-0.1, -0.05) is 25.1 Å². The Bertz CT molecular complexity index is 1210. The molecule has 2 aromatic carbocycles. The summed E-state index contributed by atoms with van der Waals surface area (Å²) < 4.78 is 37.0. The van der Waals surface area contributed by atoms with Crippen molar-refractivity contribution in [3.63, 3.8) is 0 Å². The zero-order valence-corrected chi connectivity index (χ0v) is 23.1. The van der Waals surface area contributed by atoms with Crippen molar-refractivity contribution >= 4 is 23.6 Å². The van der Waals surface area contributed by atoms with E-state index in [1.54, 1.807) is 0 Å². The van der Waals surface area contributed by atoms with Crippen molar-refractivity contribution in [1.82, 2.24) is 20.0 Å². The number of hydrogen-bond donors (Lipinski definition) is 2. The van der Waals surface area contributed by atoms with E-state index in [0.717, 1.165) is 37.2 Å². The predicted octanol–water partition coefficient (Wildman–Crippen LogP) is 2.55. The third kappa shape index (κ3) is 9.59. The van der Waals surface area contributed by atoms with Crippen LogP contribution >= 0.6 is 0 Å². The minimum absolute atomic E-state index is 0.0734. The van der Waals surface area contributed by atoms with Crippen molar-refractivity contribution < 1.29 is 32.3 Å². The Hall–Kier alpha value is -3.93. The van der Waals surface area contributed by atoms with Crippen molar-refractivity contribution in [2.75, 3.05) is 52.4 Å². The lowest BCUT2D eigenvalue weighted by atomic mass is 10.1. The van der Waals surface area contributed by atoms with Gasteiger partial charge < -0.3 is 20.9 Å². The molecule has 4 amide bonds. The number of carbonyl (C=O) groups excluding carboxylic acids is 4. The summed E-state index contributed by atoms with van der Waals surface area (Å²) in [5.41, 5.74) is 5.66. The first-order chi connectivity index (χ1) is 19.5. The second-order valence-corrected chi connectivity index (χ2v) is 9.93. The zero-order valence-electron chi connectivity index (χ0n) is 23.1. The van der Waals surface area contributed by atoms with Gasteiger partial charge in [0.25, 0.3) is 11.8 Å². The van der Waals surface area contributed by atoms with E-state index in [1.165, 1.54) is 24.5 Å². The van der Waals surface area contributed by atoms with Crippen LogP contribution in [0.5, 0.6) is 0 Å². The number of carbonyl (C=O) groups is 4. The van der Waals surface area contributed by atoms with Gasteiger partial charge in [-0.3, -0.25) is 24.1 Å². The van der Waals surface area contributed by atoms with E-state index in [1.807, 2.05) is 34.1 Å². The molecule has 0 saturated carbocycles. The van der Waals surface area contributed by atoms with Crippen LogP contribution in [-0.2, 0) is 22.2 Å². The molecule has 2 fully saturated rings. The number of rotatable bonds is 7. The molecular formula is C29H36F3N5O4. The Morgan fingerprint density at radius 3 is 2.02 bits per heavy atom. The molecular weight excluding hydrogens is 539 g/mol. The fraction of sp³-hybridized carbons (Fsp3) is 0.448. The van der Waals surface area contributed by atoms with Crippen LogP contribution in [0.4, 0.5) is 13.2 Å². The minimum Gasteiger partial charge on any atom is -0.368 e.